The van der Waals surface area contributed by atoms with E-state index in [1.54, 1.807) is 0 Å². The van der Waals surface area contributed by atoms with Crippen LogP contribution in [0.15, 0.2) is 0 Å². The van der Waals surface area contributed by atoms with Gasteiger partial charge in [0, 0.05) is 0 Å². The molecule has 70 valence electrons. The van der Waals surface area contributed by atoms with Gasteiger partial charge in [0.25, 0.3) is 0 Å². The van der Waals surface area contributed by atoms with E-state index in [4.69, 9.17) is 0 Å². The van der Waals surface area contributed by atoms with E-state index >= 15 is 0 Å². The highest BCUT2D eigenvalue weighted by Gasteiger charge is 2.22. The molecule has 1 rings (SSSR count). The summed E-state index contributed by atoms with van der Waals surface area (Å²) in [5, 5.41) is 0. The summed E-state index contributed by atoms with van der Waals surface area (Å²) in [6, 6.07) is 0. The lowest BCUT2D eigenvalue weighted by molar-refractivity contribution is -0.108. The van der Waals surface area contributed by atoms with E-state index in [0.717, 1.165) is 19.4 Å². The second-order valence-electron chi connectivity index (χ2n) is 4.49. The predicted molar refractivity (Wildman–Crippen MR) is 50.1 cm³/mol. The molecule has 12 heavy (non-hydrogen) atoms. The summed E-state index contributed by atoms with van der Waals surface area (Å²) in [4.78, 5) is 12.6. The number of likely N-dealkylation sites (tertiary alicyclic amines) is 1. The van der Waals surface area contributed by atoms with E-state index in [-0.39, 0.29) is 0 Å². The Hall–Kier alpha value is -0.370. The molecule has 0 amide bonds. The summed E-state index contributed by atoms with van der Waals surface area (Å²) in [7, 11) is 0. The molecule has 0 aromatic carbocycles. The van der Waals surface area contributed by atoms with Gasteiger partial charge < -0.3 is 4.79 Å². The molecule has 1 fully saturated rings. The molecular formula is C10H19NO. The topological polar surface area (TPSA) is 20.3 Å². The Labute approximate surface area is 74.9 Å². The number of carbonyl (C=O) groups is 1. The summed E-state index contributed by atoms with van der Waals surface area (Å²) >= 11 is 0. The van der Waals surface area contributed by atoms with Gasteiger partial charge >= 0.3 is 0 Å². The van der Waals surface area contributed by atoms with Crippen molar-refractivity contribution in [3.8, 4) is 0 Å². The van der Waals surface area contributed by atoms with Crippen LogP contribution in [0.2, 0.25) is 0 Å². The van der Waals surface area contributed by atoms with Gasteiger partial charge in [-0.2, -0.15) is 0 Å². The molecule has 0 radical (unpaired) electrons. The Morgan fingerprint density at radius 2 is 2.08 bits per heavy atom. The maximum atomic E-state index is 10.3. The van der Waals surface area contributed by atoms with Gasteiger partial charge in [-0.1, -0.05) is 13.8 Å². The van der Waals surface area contributed by atoms with E-state index in [9.17, 15) is 4.79 Å². The minimum atomic E-state index is 0.484. The number of nitrogens with zero attached hydrogens (tertiary/aromatic N) is 1. The average molecular weight is 169 g/mol. The zero-order valence-electron chi connectivity index (χ0n) is 8.18. The minimum absolute atomic E-state index is 0.484. The molecule has 0 N–H and O–H groups in total. The molecule has 1 aliphatic rings. The van der Waals surface area contributed by atoms with Gasteiger partial charge in [-0.05, 0) is 37.8 Å². The van der Waals surface area contributed by atoms with E-state index in [1.807, 2.05) is 0 Å². The fraction of sp³-hybridized carbons (Fsp3) is 0.900. The zero-order chi connectivity index (χ0) is 9.03. The second kappa shape index (κ2) is 4.04. The Bertz CT molecular complexity index is 154. The Morgan fingerprint density at radius 3 is 2.75 bits per heavy atom. The van der Waals surface area contributed by atoms with Gasteiger partial charge in [-0.25, -0.2) is 0 Å². The molecule has 0 atom stereocenters. The van der Waals surface area contributed by atoms with Gasteiger partial charge in [0.05, 0.1) is 6.54 Å². The minimum Gasteiger partial charge on any atom is -0.302 e. The first kappa shape index (κ1) is 9.72. The third kappa shape index (κ3) is 2.94. The fourth-order valence-electron chi connectivity index (χ4n) is 1.77. The lowest BCUT2D eigenvalue weighted by atomic mass is 9.85. The van der Waals surface area contributed by atoms with Crippen molar-refractivity contribution in [2.75, 3.05) is 19.6 Å². The number of hydrogen-bond acceptors (Lipinski definition) is 2. The third-order valence-corrected chi connectivity index (χ3v) is 2.77. The van der Waals surface area contributed by atoms with Crippen molar-refractivity contribution >= 4 is 6.29 Å². The van der Waals surface area contributed by atoms with Gasteiger partial charge in [0.1, 0.15) is 6.29 Å². The highest BCUT2D eigenvalue weighted by molar-refractivity contribution is 5.51. The Morgan fingerprint density at radius 1 is 1.33 bits per heavy atom. The molecule has 0 unspecified atom stereocenters. The molecular weight excluding hydrogens is 150 g/mol. The second-order valence-corrected chi connectivity index (χ2v) is 4.49. The van der Waals surface area contributed by atoms with Crippen molar-refractivity contribution in [2.24, 2.45) is 5.41 Å². The summed E-state index contributed by atoms with van der Waals surface area (Å²) in [5.41, 5.74) is 0.484. The molecule has 1 heterocycles. The molecule has 0 bridgehead atoms. The summed E-state index contributed by atoms with van der Waals surface area (Å²) in [6.45, 7) is 7.44. The molecule has 2 heteroatoms. The van der Waals surface area contributed by atoms with Crippen molar-refractivity contribution in [1.82, 2.24) is 4.90 Å². The normalized spacial score (nSPS) is 24.8. The van der Waals surface area contributed by atoms with Crippen LogP contribution in [-0.4, -0.2) is 30.8 Å². The van der Waals surface area contributed by atoms with Crippen molar-refractivity contribution < 1.29 is 4.79 Å². The molecule has 0 saturated carbocycles. The first-order chi connectivity index (χ1) is 5.64. The third-order valence-electron chi connectivity index (χ3n) is 2.77. The lowest BCUT2D eigenvalue weighted by Gasteiger charge is -2.22. The predicted octanol–water partition coefficient (Wildman–Crippen LogP) is 1.70. The van der Waals surface area contributed by atoms with Crippen molar-refractivity contribution in [3.63, 3.8) is 0 Å². The van der Waals surface area contributed by atoms with E-state index < -0.39 is 0 Å². The van der Waals surface area contributed by atoms with Crippen LogP contribution in [0.4, 0.5) is 0 Å². The highest BCUT2D eigenvalue weighted by Crippen LogP contribution is 2.29. The Kier molecular flexibility index (Phi) is 3.27. The number of aldehydes is 1. The molecule has 0 aliphatic carbocycles. The van der Waals surface area contributed by atoms with Crippen LogP contribution in [0.1, 0.15) is 33.1 Å². The first-order valence-corrected chi connectivity index (χ1v) is 4.80. The highest BCUT2D eigenvalue weighted by atomic mass is 16.1. The molecule has 0 aromatic rings. The van der Waals surface area contributed by atoms with Gasteiger partial charge in [-0.3, -0.25) is 4.90 Å². The van der Waals surface area contributed by atoms with Crippen LogP contribution in [0.5, 0.6) is 0 Å². The van der Waals surface area contributed by atoms with Crippen LogP contribution in [0.3, 0.4) is 0 Å². The van der Waals surface area contributed by atoms with Crippen LogP contribution >= 0.6 is 0 Å². The molecule has 0 spiro atoms. The first-order valence-electron chi connectivity index (χ1n) is 4.80. The van der Waals surface area contributed by atoms with Crippen molar-refractivity contribution in [2.45, 2.75) is 33.1 Å². The largest absolute Gasteiger partial charge is 0.302 e. The SMILES string of the molecule is CC1(C)CCCN(CC=O)CC1. The number of rotatable bonds is 2. The monoisotopic (exact) mass is 169 g/mol. The lowest BCUT2D eigenvalue weighted by Crippen LogP contribution is -2.27. The molecule has 0 aromatic heterocycles. The fourth-order valence-corrected chi connectivity index (χ4v) is 1.77. The van der Waals surface area contributed by atoms with Crippen LogP contribution in [-0.2, 0) is 4.79 Å². The Balaban J connectivity index is 2.39. The smallest absolute Gasteiger partial charge is 0.133 e. The zero-order valence-corrected chi connectivity index (χ0v) is 8.18. The van der Waals surface area contributed by atoms with Gasteiger partial charge in [0.15, 0.2) is 0 Å². The number of carbonyl (C=O) groups excluding carboxylic acids is 1. The van der Waals surface area contributed by atoms with Crippen LogP contribution < -0.4 is 0 Å². The summed E-state index contributed by atoms with van der Waals surface area (Å²) in [6.07, 6.45) is 4.77. The van der Waals surface area contributed by atoms with Crippen molar-refractivity contribution in [3.05, 3.63) is 0 Å². The van der Waals surface area contributed by atoms with Crippen LogP contribution in [0, 0.1) is 5.41 Å². The molecule has 2 nitrogen and oxygen atoms in total. The van der Waals surface area contributed by atoms with E-state index in [0.29, 0.717) is 12.0 Å². The average Bonchev–Trinajstić information content (AvgIpc) is 2.14. The number of hydrogen-bond donors (Lipinski definition) is 0. The van der Waals surface area contributed by atoms with Gasteiger partial charge in [0.2, 0.25) is 0 Å². The molecule has 1 saturated heterocycles. The van der Waals surface area contributed by atoms with E-state index in [1.165, 1.54) is 19.3 Å². The van der Waals surface area contributed by atoms with Gasteiger partial charge in [-0.15, -0.1) is 0 Å². The van der Waals surface area contributed by atoms with E-state index in [2.05, 4.69) is 18.7 Å². The molecule has 1 aliphatic heterocycles. The van der Waals surface area contributed by atoms with Crippen molar-refractivity contribution in [1.29, 1.82) is 0 Å². The standard InChI is InChI=1S/C10H19NO/c1-10(2)4-3-6-11(7-5-10)8-9-12/h9H,3-8H2,1-2H3. The summed E-state index contributed by atoms with van der Waals surface area (Å²) < 4.78 is 0. The van der Waals surface area contributed by atoms with Crippen LogP contribution in [0.25, 0.3) is 0 Å². The quantitative estimate of drug-likeness (QED) is 0.586. The maximum absolute atomic E-state index is 10.3. The summed E-state index contributed by atoms with van der Waals surface area (Å²) in [5.74, 6) is 0. The maximum Gasteiger partial charge on any atom is 0.133 e.